The highest BCUT2D eigenvalue weighted by molar-refractivity contribution is 5.78. The van der Waals surface area contributed by atoms with Crippen molar-refractivity contribution < 1.29 is 4.79 Å². The summed E-state index contributed by atoms with van der Waals surface area (Å²) in [5, 5.41) is 2.82. The van der Waals surface area contributed by atoms with E-state index in [-0.39, 0.29) is 5.91 Å². The minimum Gasteiger partial charge on any atom is -0.352 e. The van der Waals surface area contributed by atoms with Gasteiger partial charge in [0.1, 0.15) is 5.82 Å². The van der Waals surface area contributed by atoms with Crippen LogP contribution in [0.2, 0.25) is 0 Å². The molecule has 2 aromatic rings. The number of piperazine rings is 1. The Morgan fingerprint density at radius 3 is 2.74 bits per heavy atom. The lowest BCUT2D eigenvalue weighted by atomic mass is 10.3. The van der Waals surface area contributed by atoms with Crippen LogP contribution in [-0.4, -0.2) is 64.9 Å². The van der Waals surface area contributed by atoms with Gasteiger partial charge in [0.05, 0.1) is 24.1 Å². The lowest BCUT2D eigenvalue weighted by Crippen LogP contribution is -2.49. The Kier molecular flexibility index (Phi) is 5.05. The lowest BCUT2D eigenvalue weighted by Gasteiger charge is -2.33. The van der Waals surface area contributed by atoms with Gasteiger partial charge in [-0.1, -0.05) is 18.2 Å². The summed E-state index contributed by atoms with van der Waals surface area (Å²) in [4.78, 5) is 24.3. The van der Waals surface area contributed by atoms with Crippen molar-refractivity contribution in [2.24, 2.45) is 0 Å². The highest BCUT2D eigenvalue weighted by Crippen LogP contribution is 2.12. The first-order chi connectivity index (χ1) is 11.2. The Bertz CT molecular complexity index is 639. The molecule has 2 N–H and O–H groups in total. The maximum Gasteiger partial charge on any atom is 0.234 e. The zero-order valence-electron chi connectivity index (χ0n) is 13.3. The molecule has 23 heavy (non-hydrogen) atoms. The van der Waals surface area contributed by atoms with E-state index in [0.717, 1.165) is 49.6 Å². The first-order valence-electron chi connectivity index (χ1n) is 8.00. The van der Waals surface area contributed by atoms with Crippen LogP contribution >= 0.6 is 0 Å². The minimum atomic E-state index is 0.0654. The van der Waals surface area contributed by atoms with Crippen LogP contribution in [0.25, 0.3) is 11.0 Å². The molecule has 3 rings (SSSR count). The maximum atomic E-state index is 11.7. The molecule has 0 spiro atoms. The largest absolute Gasteiger partial charge is 0.352 e. The molecule has 0 bridgehead atoms. The Hall–Kier alpha value is -2.18. The van der Waals surface area contributed by atoms with Gasteiger partial charge in [-0.2, -0.15) is 0 Å². The van der Waals surface area contributed by atoms with E-state index in [1.807, 2.05) is 24.3 Å². The number of aromatic nitrogens is 2. The molecule has 6 nitrogen and oxygen atoms in total. The molecule has 2 heterocycles. The van der Waals surface area contributed by atoms with Crippen molar-refractivity contribution in [1.82, 2.24) is 25.1 Å². The summed E-state index contributed by atoms with van der Waals surface area (Å²) in [6.07, 6.45) is 1.70. The van der Waals surface area contributed by atoms with Crippen LogP contribution in [0.4, 0.5) is 0 Å². The molecule has 1 aromatic carbocycles. The summed E-state index contributed by atoms with van der Waals surface area (Å²) in [6, 6.07) is 8.09. The molecule has 0 saturated carbocycles. The monoisotopic (exact) mass is 313 g/mol. The fraction of sp³-hybridized carbons (Fsp3) is 0.412. The molecular formula is C17H23N5O. The van der Waals surface area contributed by atoms with Crippen molar-refractivity contribution >= 4 is 16.9 Å². The van der Waals surface area contributed by atoms with Gasteiger partial charge in [-0.25, -0.2) is 4.98 Å². The van der Waals surface area contributed by atoms with Gasteiger partial charge >= 0.3 is 0 Å². The first kappa shape index (κ1) is 15.7. The van der Waals surface area contributed by atoms with Gasteiger partial charge in [0.2, 0.25) is 5.91 Å². The number of para-hydroxylation sites is 2. The van der Waals surface area contributed by atoms with E-state index in [4.69, 9.17) is 0 Å². The van der Waals surface area contributed by atoms with Crippen LogP contribution < -0.4 is 5.32 Å². The number of carbonyl (C=O) groups is 1. The zero-order valence-corrected chi connectivity index (χ0v) is 13.3. The number of aromatic amines is 1. The van der Waals surface area contributed by atoms with Gasteiger partial charge in [-0.15, -0.1) is 6.58 Å². The van der Waals surface area contributed by atoms with E-state index in [9.17, 15) is 4.79 Å². The molecule has 1 saturated heterocycles. The predicted octanol–water partition coefficient (Wildman–Crippen LogP) is 0.983. The predicted molar refractivity (Wildman–Crippen MR) is 91.0 cm³/mol. The summed E-state index contributed by atoms with van der Waals surface area (Å²) >= 11 is 0. The van der Waals surface area contributed by atoms with Gasteiger partial charge < -0.3 is 10.3 Å². The number of hydrogen-bond donors (Lipinski definition) is 2. The Labute approximate surface area is 136 Å². The second-order valence-corrected chi connectivity index (χ2v) is 5.85. The Balaban J connectivity index is 1.47. The zero-order chi connectivity index (χ0) is 16.1. The van der Waals surface area contributed by atoms with Crippen molar-refractivity contribution in [1.29, 1.82) is 0 Å². The van der Waals surface area contributed by atoms with Crippen molar-refractivity contribution in [3.05, 3.63) is 42.7 Å². The standard InChI is InChI=1S/C17H23N5O/c1-2-7-18-17(23)13-22-10-8-21(9-11-22)12-16-19-14-5-3-4-6-15(14)20-16/h2-6H,1,7-13H2,(H,18,23)(H,19,20). The number of fused-ring (bicyclic) bond motifs is 1. The molecule has 0 atom stereocenters. The van der Waals surface area contributed by atoms with Gasteiger partial charge in [0.25, 0.3) is 0 Å². The highest BCUT2D eigenvalue weighted by Gasteiger charge is 2.19. The van der Waals surface area contributed by atoms with Gasteiger partial charge in [-0.05, 0) is 12.1 Å². The fourth-order valence-corrected chi connectivity index (χ4v) is 2.84. The maximum absolute atomic E-state index is 11.7. The molecule has 122 valence electrons. The van der Waals surface area contributed by atoms with Gasteiger partial charge in [0.15, 0.2) is 0 Å². The summed E-state index contributed by atoms with van der Waals surface area (Å²) in [6.45, 7) is 9.13. The van der Waals surface area contributed by atoms with Gasteiger partial charge in [-0.3, -0.25) is 14.6 Å². The van der Waals surface area contributed by atoms with Gasteiger partial charge in [0, 0.05) is 32.7 Å². The van der Waals surface area contributed by atoms with E-state index in [2.05, 4.69) is 31.7 Å². The van der Waals surface area contributed by atoms with E-state index in [1.165, 1.54) is 0 Å². The average Bonchev–Trinajstić information content (AvgIpc) is 2.97. The van der Waals surface area contributed by atoms with E-state index < -0.39 is 0 Å². The molecule has 1 aliphatic heterocycles. The second kappa shape index (κ2) is 7.39. The molecule has 1 aliphatic rings. The minimum absolute atomic E-state index is 0.0654. The summed E-state index contributed by atoms with van der Waals surface area (Å²) < 4.78 is 0. The number of nitrogens with one attached hydrogen (secondary N) is 2. The Morgan fingerprint density at radius 1 is 1.26 bits per heavy atom. The summed E-state index contributed by atoms with van der Waals surface area (Å²) in [5.41, 5.74) is 2.10. The molecule has 1 aromatic heterocycles. The van der Waals surface area contributed by atoms with E-state index in [0.29, 0.717) is 13.1 Å². The van der Waals surface area contributed by atoms with Crippen LogP contribution in [0.3, 0.4) is 0 Å². The third kappa shape index (κ3) is 4.18. The molecule has 0 unspecified atom stereocenters. The van der Waals surface area contributed by atoms with Crippen molar-refractivity contribution in [2.45, 2.75) is 6.54 Å². The van der Waals surface area contributed by atoms with Crippen molar-refractivity contribution in [3.63, 3.8) is 0 Å². The molecule has 0 aliphatic carbocycles. The number of H-pyrrole nitrogens is 1. The first-order valence-corrected chi connectivity index (χ1v) is 8.00. The van der Waals surface area contributed by atoms with Crippen molar-refractivity contribution in [3.8, 4) is 0 Å². The molecule has 6 heteroatoms. The number of nitrogens with zero attached hydrogens (tertiary/aromatic N) is 3. The topological polar surface area (TPSA) is 64.3 Å². The third-order valence-electron chi connectivity index (χ3n) is 4.09. The number of carbonyl (C=O) groups excluding carboxylic acids is 1. The van der Waals surface area contributed by atoms with Crippen LogP contribution in [0.15, 0.2) is 36.9 Å². The van der Waals surface area contributed by atoms with E-state index in [1.54, 1.807) is 6.08 Å². The van der Waals surface area contributed by atoms with Crippen LogP contribution in [-0.2, 0) is 11.3 Å². The van der Waals surface area contributed by atoms with Crippen LogP contribution in [0, 0.1) is 0 Å². The fourth-order valence-electron chi connectivity index (χ4n) is 2.84. The normalized spacial score (nSPS) is 16.5. The van der Waals surface area contributed by atoms with Crippen molar-refractivity contribution in [2.75, 3.05) is 39.3 Å². The highest BCUT2D eigenvalue weighted by atomic mass is 16.2. The SMILES string of the molecule is C=CCNC(=O)CN1CCN(Cc2nc3ccccc3[nH]2)CC1. The number of imidazole rings is 1. The Morgan fingerprint density at radius 2 is 2.00 bits per heavy atom. The van der Waals surface area contributed by atoms with Crippen LogP contribution in [0.5, 0.6) is 0 Å². The number of rotatable bonds is 6. The lowest BCUT2D eigenvalue weighted by molar-refractivity contribution is -0.122. The third-order valence-corrected chi connectivity index (χ3v) is 4.09. The molecule has 1 fully saturated rings. The second-order valence-electron chi connectivity index (χ2n) is 5.85. The number of amides is 1. The molecule has 1 amide bonds. The summed E-state index contributed by atoms with van der Waals surface area (Å²) in [5.74, 6) is 1.07. The molecule has 0 radical (unpaired) electrons. The average molecular weight is 313 g/mol. The van der Waals surface area contributed by atoms with E-state index >= 15 is 0 Å². The smallest absolute Gasteiger partial charge is 0.234 e. The number of benzene rings is 1. The number of hydrogen-bond acceptors (Lipinski definition) is 4. The summed E-state index contributed by atoms with van der Waals surface area (Å²) in [7, 11) is 0. The quantitative estimate of drug-likeness (QED) is 0.781. The van der Waals surface area contributed by atoms with Crippen LogP contribution in [0.1, 0.15) is 5.82 Å². The molecular weight excluding hydrogens is 290 g/mol.